The van der Waals surface area contributed by atoms with Crippen molar-refractivity contribution in [1.29, 1.82) is 0 Å². The zero-order chi connectivity index (χ0) is 21.9. The Morgan fingerprint density at radius 1 is 0.929 bits per heavy atom. The number of hydrogen-bond donors (Lipinski definition) is 7. The predicted octanol–water partition coefficient (Wildman–Crippen LogP) is -2.75. The van der Waals surface area contributed by atoms with Gasteiger partial charge in [-0.25, -0.2) is 4.79 Å². The highest BCUT2D eigenvalue weighted by Crippen LogP contribution is 2.06. The maximum absolute atomic E-state index is 12.5. The Bertz CT molecular complexity index is 547. The van der Waals surface area contributed by atoms with Crippen LogP contribution >= 0.6 is 11.8 Å². The van der Waals surface area contributed by atoms with E-state index >= 15 is 0 Å². The number of carbonyl (C=O) groups excluding carboxylic acids is 3. The summed E-state index contributed by atoms with van der Waals surface area (Å²) in [4.78, 5) is 47.8. The molecule has 0 aliphatic rings. The number of aliphatic hydroxyl groups excluding tert-OH is 2. The van der Waals surface area contributed by atoms with Crippen molar-refractivity contribution in [2.24, 2.45) is 11.7 Å². The highest BCUT2D eigenvalue weighted by atomic mass is 32.2. The molecule has 0 saturated carbocycles. The van der Waals surface area contributed by atoms with Crippen molar-refractivity contribution in [2.45, 2.75) is 44.4 Å². The average molecular weight is 423 g/mol. The summed E-state index contributed by atoms with van der Waals surface area (Å²) in [5.41, 5.74) is 5.35. The summed E-state index contributed by atoms with van der Waals surface area (Å²) in [6.45, 7) is 1.87. The zero-order valence-corrected chi connectivity index (χ0v) is 17.0. The Labute approximate surface area is 167 Å². The van der Waals surface area contributed by atoms with E-state index in [1.54, 1.807) is 20.1 Å². The van der Waals surface area contributed by atoms with Crippen molar-refractivity contribution in [2.75, 3.05) is 25.2 Å². The molecule has 0 fully saturated rings. The van der Waals surface area contributed by atoms with E-state index in [1.165, 1.54) is 11.8 Å². The maximum atomic E-state index is 12.5. The van der Waals surface area contributed by atoms with E-state index in [1.807, 2.05) is 0 Å². The van der Waals surface area contributed by atoms with Crippen molar-refractivity contribution in [3.8, 4) is 0 Å². The van der Waals surface area contributed by atoms with E-state index in [0.717, 1.165) is 0 Å². The molecule has 162 valence electrons. The Morgan fingerprint density at radius 3 is 1.89 bits per heavy atom. The van der Waals surface area contributed by atoms with E-state index in [0.29, 0.717) is 5.75 Å². The quantitative estimate of drug-likeness (QED) is 0.165. The number of carboxylic acid groups (broad SMARTS) is 1. The molecular formula is C16H30N4O7S. The topological polar surface area (TPSA) is 191 Å². The highest BCUT2D eigenvalue weighted by molar-refractivity contribution is 7.98. The first-order valence-electron chi connectivity index (χ1n) is 8.69. The van der Waals surface area contributed by atoms with Crippen LogP contribution in [0.4, 0.5) is 0 Å². The van der Waals surface area contributed by atoms with Gasteiger partial charge in [0.1, 0.15) is 24.2 Å². The molecule has 4 atom stereocenters. The molecule has 0 radical (unpaired) electrons. The van der Waals surface area contributed by atoms with Crippen LogP contribution in [0.25, 0.3) is 0 Å². The van der Waals surface area contributed by atoms with Crippen LogP contribution in [-0.2, 0) is 19.2 Å². The van der Waals surface area contributed by atoms with Crippen LogP contribution in [0.5, 0.6) is 0 Å². The molecule has 11 nitrogen and oxygen atoms in total. The summed E-state index contributed by atoms with van der Waals surface area (Å²) in [5.74, 6) is -3.42. The van der Waals surface area contributed by atoms with Gasteiger partial charge < -0.3 is 37.0 Å². The SMILES string of the molecule is CSCCC(NC(=O)C(CO)NC(=O)C(N)CO)C(=O)NC(C(=O)O)C(C)C. The van der Waals surface area contributed by atoms with Crippen LogP contribution in [0.3, 0.4) is 0 Å². The molecule has 0 aromatic rings. The Hall–Kier alpha value is -1.89. The molecule has 0 aliphatic carbocycles. The average Bonchev–Trinajstić information content (AvgIpc) is 2.65. The molecule has 4 unspecified atom stereocenters. The van der Waals surface area contributed by atoms with Gasteiger partial charge in [0.05, 0.1) is 13.2 Å². The van der Waals surface area contributed by atoms with E-state index < -0.39 is 61.1 Å². The molecule has 12 heteroatoms. The Balaban J connectivity index is 5.18. The third-order valence-corrected chi connectivity index (χ3v) is 4.47. The number of rotatable bonds is 13. The second-order valence-corrected chi connectivity index (χ2v) is 7.43. The van der Waals surface area contributed by atoms with Gasteiger partial charge in [0.25, 0.3) is 0 Å². The number of aliphatic hydroxyl groups is 2. The van der Waals surface area contributed by atoms with Gasteiger partial charge in [0.15, 0.2) is 0 Å². The molecule has 0 spiro atoms. The molecule has 0 aromatic carbocycles. The number of hydrogen-bond acceptors (Lipinski definition) is 8. The summed E-state index contributed by atoms with van der Waals surface area (Å²) >= 11 is 1.43. The van der Waals surface area contributed by atoms with Gasteiger partial charge >= 0.3 is 5.97 Å². The minimum atomic E-state index is -1.38. The van der Waals surface area contributed by atoms with E-state index in [-0.39, 0.29) is 12.3 Å². The minimum Gasteiger partial charge on any atom is -0.480 e. The fourth-order valence-corrected chi connectivity index (χ4v) is 2.57. The van der Waals surface area contributed by atoms with Gasteiger partial charge in [-0.1, -0.05) is 13.8 Å². The molecule has 0 aromatic heterocycles. The molecule has 28 heavy (non-hydrogen) atoms. The van der Waals surface area contributed by atoms with Gasteiger partial charge in [-0.3, -0.25) is 14.4 Å². The van der Waals surface area contributed by atoms with Crippen LogP contribution in [-0.4, -0.2) is 88.4 Å². The normalized spacial score (nSPS) is 15.2. The fraction of sp³-hybridized carbons (Fsp3) is 0.750. The molecule has 8 N–H and O–H groups in total. The van der Waals surface area contributed by atoms with Gasteiger partial charge in [0, 0.05) is 0 Å². The Morgan fingerprint density at radius 2 is 1.46 bits per heavy atom. The predicted molar refractivity (Wildman–Crippen MR) is 103 cm³/mol. The number of aliphatic carboxylic acids is 1. The molecule has 0 bridgehead atoms. The van der Waals surface area contributed by atoms with Crippen molar-refractivity contribution < 1.29 is 34.5 Å². The standard InChI is InChI=1S/C16H30N4O7S/c1-8(2)12(16(26)27)20-14(24)10(4-5-28-3)18-15(25)11(7-22)19-13(23)9(17)6-21/h8-12,21-22H,4-7,17H2,1-3H3,(H,18,25)(H,19,23)(H,20,24)(H,26,27). The number of nitrogens with two attached hydrogens (primary N) is 1. The van der Waals surface area contributed by atoms with Crippen LogP contribution in [0.2, 0.25) is 0 Å². The highest BCUT2D eigenvalue weighted by Gasteiger charge is 2.30. The van der Waals surface area contributed by atoms with Crippen molar-refractivity contribution in [1.82, 2.24) is 16.0 Å². The molecule has 0 aliphatic heterocycles. The lowest BCUT2D eigenvalue weighted by Crippen LogP contribution is -2.58. The van der Waals surface area contributed by atoms with Crippen LogP contribution < -0.4 is 21.7 Å². The second kappa shape index (κ2) is 13.3. The first kappa shape index (κ1) is 26.1. The van der Waals surface area contributed by atoms with E-state index in [9.17, 15) is 29.4 Å². The third kappa shape index (κ3) is 8.87. The zero-order valence-electron chi connectivity index (χ0n) is 16.2. The van der Waals surface area contributed by atoms with Crippen molar-refractivity contribution in [3.05, 3.63) is 0 Å². The fourth-order valence-electron chi connectivity index (χ4n) is 2.10. The lowest BCUT2D eigenvalue weighted by molar-refractivity contribution is -0.143. The number of carboxylic acids is 1. The van der Waals surface area contributed by atoms with Gasteiger partial charge in [0.2, 0.25) is 17.7 Å². The monoisotopic (exact) mass is 422 g/mol. The third-order valence-electron chi connectivity index (χ3n) is 3.82. The summed E-state index contributed by atoms with van der Waals surface area (Å²) < 4.78 is 0. The van der Waals surface area contributed by atoms with Crippen LogP contribution in [0.1, 0.15) is 20.3 Å². The summed E-state index contributed by atoms with van der Waals surface area (Å²) in [6.07, 6.45) is 2.02. The van der Waals surface area contributed by atoms with E-state index in [2.05, 4.69) is 16.0 Å². The largest absolute Gasteiger partial charge is 0.480 e. The van der Waals surface area contributed by atoms with Crippen molar-refractivity contribution in [3.63, 3.8) is 0 Å². The summed E-state index contributed by atoms with van der Waals surface area (Å²) in [5, 5.41) is 34.4. The van der Waals surface area contributed by atoms with Crippen LogP contribution in [0, 0.1) is 5.92 Å². The van der Waals surface area contributed by atoms with Gasteiger partial charge in [-0.15, -0.1) is 0 Å². The smallest absolute Gasteiger partial charge is 0.326 e. The Kier molecular flexibility index (Phi) is 12.4. The van der Waals surface area contributed by atoms with Gasteiger partial charge in [-0.05, 0) is 24.3 Å². The maximum Gasteiger partial charge on any atom is 0.326 e. The summed E-state index contributed by atoms with van der Waals surface area (Å²) in [7, 11) is 0. The molecule has 0 saturated heterocycles. The number of nitrogens with one attached hydrogen (secondary N) is 3. The summed E-state index contributed by atoms with van der Waals surface area (Å²) in [6, 6.07) is -4.83. The molecule has 0 heterocycles. The first-order valence-corrected chi connectivity index (χ1v) is 10.1. The second-order valence-electron chi connectivity index (χ2n) is 6.44. The number of thioether (sulfide) groups is 1. The first-order chi connectivity index (χ1) is 13.1. The number of carbonyl (C=O) groups is 4. The van der Waals surface area contributed by atoms with E-state index in [4.69, 9.17) is 10.8 Å². The van der Waals surface area contributed by atoms with Gasteiger partial charge in [-0.2, -0.15) is 11.8 Å². The number of amides is 3. The van der Waals surface area contributed by atoms with Crippen molar-refractivity contribution >= 4 is 35.5 Å². The molecule has 3 amide bonds. The molecular weight excluding hydrogens is 392 g/mol. The van der Waals surface area contributed by atoms with Crippen LogP contribution in [0.15, 0.2) is 0 Å². The lowest BCUT2D eigenvalue weighted by Gasteiger charge is -2.25. The lowest BCUT2D eigenvalue weighted by atomic mass is 10.0. The molecule has 0 rings (SSSR count). The minimum absolute atomic E-state index is 0.214.